The van der Waals surface area contributed by atoms with Crippen LogP contribution in [0.4, 0.5) is 0 Å². The van der Waals surface area contributed by atoms with Gasteiger partial charge < -0.3 is 15.6 Å². The molecule has 0 bridgehead atoms. The van der Waals surface area contributed by atoms with E-state index in [1.165, 1.54) is 0 Å². The molecule has 21 heavy (non-hydrogen) atoms. The predicted molar refractivity (Wildman–Crippen MR) is 74.1 cm³/mol. The zero-order chi connectivity index (χ0) is 14.8. The predicted octanol–water partition coefficient (Wildman–Crippen LogP) is 1.28. The Morgan fingerprint density at radius 2 is 2.38 bits per heavy atom. The van der Waals surface area contributed by atoms with Gasteiger partial charge in [-0.2, -0.15) is 0 Å². The van der Waals surface area contributed by atoms with E-state index >= 15 is 0 Å². The van der Waals surface area contributed by atoms with Crippen LogP contribution in [0.2, 0.25) is 0 Å². The van der Waals surface area contributed by atoms with Gasteiger partial charge in [0.05, 0.1) is 16.9 Å². The Morgan fingerprint density at radius 3 is 3.05 bits per heavy atom. The zero-order valence-corrected chi connectivity index (χ0v) is 11.4. The summed E-state index contributed by atoms with van der Waals surface area (Å²) in [5.74, 6) is -0.977. The summed E-state index contributed by atoms with van der Waals surface area (Å²) in [7, 11) is 0. The summed E-state index contributed by atoms with van der Waals surface area (Å²) in [5.41, 5.74) is 8.07. The minimum absolute atomic E-state index is 0.0907. The Morgan fingerprint density at radius 1 is 1.52 bits per heavy atom. The van der Waals surface area contributed by atoms with Gasteiger partial charge in [0.1, 0.15) is 11.8 Å². The van der Waals surface area contributed by atoms with Gasteiger partial charge in [-0.25, -0.2) is 9.48 Å². The molecule has 1 saturated heterocycles. The smallest absolute Gasteiger partial charge is 0.335 e. The number of hydrogen-bond donors (Lipinski definition) is 2. The number of aromatic nitrogens is 3. The van der Waals surface area contributed by atoms with Crippen molar-refractivity contribution in [1.29, 1.82) is 0 Å². The first-order valence-corrected chi connectivity index (χ1v) is 6.80. The first-order valence-electron chi connectivity index (χ1n) is 6.80. The van der Waals surface area contributed by atoms with Gasteiger partial charge in [0.25, 0.3) is 0 Å². The standard InChI is InChI=1S/C14H16N4O3/c15-8-11-13(12-5-2-6-21-12)18(17-16-11)10-4-1-3-9(7-10)14(19)20/h1,3-4,7,12H,2,5-6,8,15H2,(H,19,20). The second-order valence-electron chi connectivity index (χ2n) is 4.89. The first-order chi connectivity index (χ1) is 10.2. The van der Waals surface area contributed by atoms with Crippen LogP contribution in [0.25, 0.3) is 5.69 Å². The maximum atomic E-state index is 11.1. The third-order valence-electron chi connectivity index (χ3n) is 3.54. The van der Waals surface area contributed by atoms with Crippen molar-refractivity contribution in [2.75, 3.05) is 6.61 Å². The van der Waals surface area contributed by atoms with Crippen molar-refractivity contribution in [2.45, 2.75) is 25.5 Å². The van der Waals surface area contributed by atoms with Crippen LogP contribution in [0.5, 0.6) is 0 Å². The number of ether oxygens (including phenoxy) is 1. The van der Waals surface area contributed by atoms with Crippen molar-refractivity contribution >= 4 is 5.97 Å². The molecule has 0 amide bonds. The number of nitrogens with zero attached hydrogens (tertiary/aromatic N) is 3. The average Bonchev–Trinajstić information content (AvgIpc) is 3.15. The molecule has 2 aromatic rings. The van der Waals surface area contributed by atoms with Crippen LogP contribution in [0.3, 0.4) is 0 Å². The second kappa shape index (κ2) is 5.63. The molecule has 1 aliphatic heterocycles. The number of rotatable bonds is 4. The van der Waals surface area contributed by atoms with Crippen LogP contribution < -0.4 is 5.73 Å². The lowest BCUT2D eigenvalue weighted by Crippen LogP contribution is -2.11. The molecule has 7 nitrogen and oxygen atoms in total. The highest BCUT2D eigenvalue weighted by molar-refractivity contribution is 5.88. The number of nitrogens with two attached hydrogens (primary N) is 1. The van der Waals surface area contributed by atoms with Crippen molar-refractivity contribution in [2.24, 2.45) is 5.73 Å². The lowest BCUT2D eigenvalue weighted by Gasteiger charge is -2.13. The molecule has 0 aliphatic carbocycles. The zero-order valence-electron chi connectivity index (χ0n) is 11.4. The molecule has 1 aromatic carbocycles. The lowest BCUT2D eigenvalue weighted by atomic mass is 10.1. The summed E-state index contributed by atoms with van der Waals surface area (Å²) in [5, 5.41) is 17.3. The van der Waals surface area contributed by atoms with Crippen molar-refractivity contribution < 1.29 is 14.6 Å². The number of benzene rings is 1. The topological polar surface area (TPSA) is 103 Å². The fraction of sp³-hybridized carbons (Fsp3) is 0.357. The molecule has 2 heterocycles. The third kappa shape index (κ3) is 2.53. The summed E-state index contributed by atoms with van der Waals surface area (Å²) < 4.78 is 7.34. The van der Waals surface area contributed by atoms with Gasteiger partial charge in [-0.15, -0.1) is 5.10 Å². The molecule has 1 aromatic heterocycles. The molecule has 0 spiro atoms. The van der Waals surface area contributed by atoms with Gasteiger partial charge in [0.2, 0.25) is 0 Å². The summed E-state index contributed by atoms with van der Waals surface area (Å²) in [6.07, 6.45) is 1.78. The van der Waals surface area contributed by atoms with Crippen molar-refractivity contribution in [1.82, 2.24) is 15.0 Å². The second-order valence-corrected chi connectivity index (χ2v) is 4.89. The fourth-order valence-corrected chi connectivity index (χ4v) is 2.54. The molecule has 1 fully saturated rings. The highest BCUT2D eigenvalue weighted by atomic mass is 16.5. The maximum absolute atomic E-state index is 11.1. The summed E-state index contributed by atoms with van der Waals surface area (Å²) >= 11 is 0. The Hall–Kier alpha value is -2.25. The molecule has 1 unspecified atom stereocenters. The summed E-state index contributed by atoms with van der Waals surface area (Å²) in [4.78, 5) is 11.1. The minimum Gasteiger partial charge on any atom is -0.478 e. The van der Waals surface area contributed by atoms with E-state index in [9.17, 15) is 4.79 Å². The Bertz CT molecular complexity index is 662. The molecule has 7 heteroatoms. The molecule has 3 rings (SSSR count). The third-order valence-corrected chi connectivity index (χ3v) is 3.54. The molecular weight excluding hydrogens is 272 g/mol. The van der Waals surface area contributed by atoms with Crippen LogP contribution in [0, 0.1) is 0 Å². The van der Waals surface area contributed by atoms with E-state index in [1.807, 2.05) is 0 Å². The van der Waals surface area contributed by atoms with Crippen LogP contribution in [0.15, 0.2) is 24.3 Å². The maximum Gasteiger partial charge on any atom is 0.335 e. The number of hydrogen-bond acceptors (Lipinski definition) is 5. The molecule has 3 N–H and O–H groups in total. The Balaban J connectivity index is 2.07. The van der Waals surface area contributed by atoms with Crippen LogP contribution in [0.1, 0.15) is 40.7 Å². The van der Waals surface area contributed by atoms with Gasteiger partial charge in [0.15, 0.2) is 0 Å². The molecule has 0 radical (unpaired) electrons. The fourth-order valence-electron chi connectivity index (χ4n) is 2.54. The van der Waals surface area contributed by atoms with E-state index < -0.39 is 5.97 Å². The summed E-state index contributed by atoms with van der Waals surface area (Å²) in [6.45, 7) is 0.975. The monoisotopic (exact) mass is 288 g/mol. The molecule has 1 aliphatic rings. The number of carboxylic acids is 1. The summed E-state index contributed by atoms with van der Waals surface area (Å²) in [6, 6.07) is 6.58. The van der Waals surface area contributed by atoms with Crippen LogP contribution in [-0.4, -0.2) is 32.7 Å². The van der Waals surface area contributed by atoms with E-state index in [-0.39, 0.29) is 18.2 Å². The number of aromatic carboxylic acids is 1. The van der Waals surface area contributed by atoms with E-state index in [1.54, 1.807) is 28.9 Å². The Labute approximate surface area is 121 Å². The van der Waals surface area contributed by atoms with E-state index in [2.05, 4.69) is 10.3 Å². The van der Waals surface area contributed by atoms with E-state index in [0.717, 1.165) is 18.5 Å². The van der Waals surface area contributed by atoms with Gasteiger partial charge in [-0.3, -0.25) is 0 Å². The van der Waals surface area contributed by atoms with Crippen LogP contribution in [-0.2, 0) is 11.3 Å². The molecule has 0 saturated carbocycles. The number of carboxylic acid groups (broad SMARTS) is 1. The SMILES string of the molecule is NCc1nnn(-c2cccc(C(=O)O)c2)c1C1CCCO1. The van der Waals surface area contributed by atoms with Crippen molar-refractivity contribution in [3.63, 3.8) is 0 Å². The number of carbonyl (C=O) groups is 1. The average molecular weight is 288 g/mol. The van der Waals surface area contributed by atoms with Crippen molar-refractivity contribution in [3.8, 4) is 5.69 Å². The normalized spacial score (nSPS) is 18.0. The lowest BCUT2D eigenvalue weighted by molar-refractivity contribution is 0.0697. The highest BCUT2D eigenvalue weighted by Crippen LogP contribution is 2.31. The van der Waals surface area contributed by atoms with Gasteiger partial charge >= 0.3 is 5.97 Å². The van der Waals surface area contributed by atoms with Gasteiger partial charge in [-0.05, 0) is 31.0 Å². The van der Waals surface area contributed by atoms with E-state index in [4.69, 9.17) is 15.6 Å². The highest BCUT2D eigenvalue weighted by Gasteiger charge is 2.26. The molecular formula is C14H16N4O3. The van der Waals surface area contributed by atoms with Crippen molar-refractivity contribution in [3.05, 3.63) is 41.2 Å². The minimum atomic E-state index is -0.977. The van der Waals surface area contributed by atoms with E-state index in [0.29, 0.717) is 18.0 Å². The first kappa shape index (κ1) is 13.7. The van der Waals surface area contributed by atoms with Gasteiger partial charge in [-0.1, -0.05) is 11.3 Å². The Kier molecular flexibility index (Phi) is 3.68. The largest absolute Gasteiger partial charge is 0.478 e. The quantitative estimate of drug-likeness (QED) is 0.878. The molecule has 110 valence electrons. The van der Waals surface area contributed by atoms with Crippen LogP contribution >= 0.6 is 0 Å². The van der Waals surface area contributed by atoms with Gasteiger partial charge in [0, 0.05) is 13.2 Å². The molecule has 1 atom stereocenters.